The highest BCUT2D eigenvalue weighted by molar-refractivity contribution is 5.68. The molecule has 2 heteroatoms. The smallest absolute Gasteiger partial charge is 0.0596 e. The summed E-state index contributed by atoms with van der Waals surface area (Å²) in [6.07, 6.45) is 1.12. The van der Waals surface area contributed by atoms with Crippen molar-refractivity contribution in [2.24, 2.45) is 0 Å². The van der Waals surface area contributed by atoms with Gasteiger partial charge in [0.05, 0.1) is 5.70 Å². The van der Waals surface area contributed by atoms with Gasteiger partial charge in [-0.25, -0.2) is 5.01 Å². The van der Waals surface area contributed by atoms with E-state index in [0.717, 1.165) is 13.0 Å². The van der Waals surface area contributed by atoms with E-state index in [-0.39, 0.29) is 0 Å². The maximum absolute atomic E-state index is 2.25. The number of nitrogens with zero attached hydrogens (tertiary/aromatic N) is 2. The standard InChI is InChI=1S/C13H18N2/c1-4-11-10-14(2)15(3)13(11)12-8-6-5-7-9-12/h5-9H,4,10H2,1-3H3. The summed E-state index contributed by atoms with van der Waals surface area (Å²) in [6.45, 7) is 3.28. The average molecular weight is 202 g/mol. The van der Waals surface area contributed by atoms with Gasteiger partial charge >= 0.3 is 0 Å². The molecule has 0 fully saturated rings. The summed E-state index contributed by atoms with van der Waals surface area (Å²) in [6, 6.07) is 10.6. The van der Waals surface area contributed by atoms with E-state index in [1.807, 2.05) is 0 Å². The van der Waals surface area contributed by atoms with Gasteiger partial charge < -0.3 is 5.01 Å². The lowest BCUT2D eigenvalue weighted by molar-refractivity contribution is 0.127. The van der Waals surface area contributed by atoms with Crippen LogP contribution in [-0.4, -0.2) is 30.7 Å². The molecule has 0 unspecified atom stereocenters. The van der Waals surface area contributed by atoms with Gasteiger partial charge in [0.15, 0.2) is 0 Å². The van der Waals surface area contributed by atoms with E-state index in [2.05, 4.69) is 61.4 Å². The Morgan fingerprint density at radius 2 is 1.80 bits per heavy atom. The normalized spacial score (nSPS) is 17.7. The van der Waals surface area contributed by atoms with Crippen LogP contribution < -0.4 is 0 Å². The summed E-state index contributed by atoms with van der Waals surface area (Å²) in [4.78, 5) is 0. The molecule has 0 saturated heterocycles. The Balaban J connectivity index is 2.42. The minimum absolute atomic E-state index is 1.05. The zero-order valence-electron chi connectivity index (χ0n) is 9.70. The van der Waals surface area contributed by atoms with Crippen LogP contribution in [0.2, 0.25) is 0 Å². The summed E-state index contributed by atoms with van der Waals surface area (Å²) in [5.41, 5.74) is 4.22. The Kier molecular flexibility index (Phi) is 2.78. The summed E-state index contributed by atoms with van der Waals surface area (Å²) >= 11 is 0. The van der Waals surface area contributed by atoms with Gasteiger partial charge in [-0.05, 0) is 17.6 Å². The molecular weight excluding hydrogens is 184 g/mol. The van der Waals surface area contributed by atoms with Gasteiger partial charge in [-0.1, -0.05) is 37.3 Å². The SMILES string of the molecule is CCC1=C(c2ccccc2)N(C)N(C)C1. The molecule has 0 radical (unpaired) electrons. The van der Waals surface area contributed by atoms with Gasteiger partial charge in [-0.2, -0.15) is 0 Å². The fraction of sp³-hybridized carbons (Fsp3) is 0.385. The van der Waals surface area contributed by atoms with E-state index < -0.39 is 0 Å². The van der Waals surface area contributed by atoms with Crippen molar-refractivity contribution in [2.75, 3.05) is 20.6 Å². The third kappa shape index (κ3) is 1.77. The minimum atomic E-state index is 1.05. The maximum atomic E-state index is 2.25. The van der Waals surface area contributed by atoms with Crippen molar-refractivity contribution < 1.29 is 0 Å². The summed E-state index contributed by atoms with van der Waals surface area (Å²) in [5.74, 6) is 0. The molecule has 2 nitrogen and oxygen atoms in total. The molecule has 0 aromatic heterocycles. The predicted octanol–water partition coefficient (Wildman–Crippen LogP) is 2.60. The first-order valence-corrected chi connectivity index (χ1v) is 5.46. The highest BCUT2D eigenvalue weighted by Gasteiger charge is 2.23. The molecule has 1 aromatic carbocycles. The second-order valence-corrected chi connectivity index (χ2v) is 4.01. The van der Waals surface area contributed by atoms with E-state index in [4.69, 9.17) is 0 Å². The van der Waals surface area contributed by atoms with Crippen molar-refractivity contribution in [1.82, 2.24) is 10.0 Å². The first kappa shape index (κ1) is 10.2. The van der Waals surface area contributed by atoms with Crippen molar-refractivity contribution in [3.63, 3.8) is 0 Å². The van der Waals surface area contributed by atoms with Gasteiger partial charge in [0.25, 0.3) is 0 Å². The lowest BCUT2D eigenvalue weighted by atomic mass is 10.1. The maximum Gasteiger partial charge on any atom is 0.0596 e. The first-order valence-electron chi connectivity index (χ1n) is 5.46. The molecule has 1 aliphatic rings. The quantitative estimate of drug-likeness (QED) is 0.727. The van der Waals surface area contributed by atoms with Gasteiger partial charge in [0.2, 0.25) is 0 Å². The number of hydrazine groups is 1. The van der Waals surface area contributed by atoms with E-state index in [0.29, 0.717) is 0 Å². The second kappa shape index (κ2) is 4.07. The lowest BCUT2D eigenvalue weighted by Crippen LogP contribution is -2.29. The Morgan fingerprint density at radius 3 is 2.40 bits per heavy atom. The summed E-state index contributed by atoms with van der Waals surface area (Å²) in [5, 5.41) is 4.50. The number of rotatable bonds is 2. The van der Waals surface area contributed by atoms with E-state index in [1.165, 1.54) is 16.8 Å². The van der Waals surface area contributed by atoms with Crippen LogP contribution in [0.4, 0.5) is 0 Å². The van der Waals surface area contributed by atoms with Crippen LogP contribution in [0, 0.1) is 0 Å². The second-order valence-electron chi connectivity index (χ2n) is 4.01. The van der Waals surface area contributed by atoms with E-state index >= 15 is 0 Å². The number of hydrogen-bond acceptors (Lipinski definition) is 2. The average Bonchev–Trinajstić information content (AvgIpc) is 2.56. The highest BCUT2D eigenvalue weighted by atomic mass is 15.6. The third-order valence-electron chi connectivity index (χ3n) is 3.06. The molecule has 0 spiro atoms. The van der Waals surface area contributed by atoms with Crippen LogP contribution in [0.5, 0.6) is 0 Å². The molecule has 15 heavy (non-hydrogen) atoms. The number of benzene rings is 1. The van der Waals surface area contributed by atoms with Gasteiger partial charge in [-0.15, -0.1) is 0 Å². The molecule has 0 atom stereocenters. The summed E-state index contributed by atoms with van der Waals surface area (Å²) < 4.78 is 0. The van der Waals surface area contributed by atoms with Gasteiger partial charge in [0, 0.05) is 20.6 Å². The van der Waals surface area contributed by atoms with Crippen molar-refractivity contribution in [1.29, 1.82) is 0 Å². The summed E-state index contributed by atoms with van der Waals surface area (Å²) in [7, 11) is 4.26. The van der Waals surface area contributed by atoms with E-state index in [1.54, 1.807) is 0 Å². The molecule has 0 bridgehead atoms. The van der Waals surface area contributed by atoms with Crippen LogP contribution in [0.1, 0.15) is 18.9 Å². The zero-order chi connectivity index (χ0) is 10.8. The van der Waals surface area contributed by atoms with Crippen molar-refractivity contribution in [2.45, 2.75) is 13.3 Å². The largest absolute Gasteiger partial charge is 0.308 e. The van der Waals surface area contributed by atoms with Gasteiger partial charge in [0.1, 0.15) is 0 Å². The number of likely N-dealkylation sites (N-methyl/N-ethyl adjacent to an activating group) is 1. The molecule has 1 aliphatic heterocycles. The Bertz CT molecular complexity index is 367. The molecule has 0 amide bonds. The van der Waals surface area contributed by atoms with Crippen LogP contribution >= 0.6 is 0 Å². The molecule has 1 heterocycles. The number of hydrogen-bond donors (Lipinski definition) is 0. The Labute approximate surface area is 91.8 Å². The molecular formula is C13H18N2. The van der Waals surface area contributed by atoms with Crippen LogP contribution in [0.25, 0.3) is 5.70 Å². The van der Waals surface area contributed by atoms with Gasteiger partial charge in [-0.3, -0.25) is 0 Å². The fourth-order valence-electron chi connectivity index (χ4n) is 2.12. The van der Waals surface area contributed by atoms with Crippen molar-refractivity contribution >= 4 is 5.70 Å². The molecule has 2 rings (SSSR count). The van der Waals surface area contributed by atoms with Crippen molar-refractivity contribution in [3.8, 4) is 0 Å². The van der Waals surface area contributed by atoms with Crippen molar-refractivity contribution in [3.05, 3.63) is 41.5 Å². The molecule has 0 N–H and O–H groups in total. The lowest BCUT2D eigenvalue weighted by Gasteiger charge is -2.24. The molecule has 1 aromatic rings. The Hall–Kier alpha value is -1.28. The predicted molar refractivity (Wildman–Crippen MR) is 64.0 cm³/mol. The zero-order valence-corrected chi connectivity index (χ0v) is 9.70. The molecule has 0 aliphatic carbocycles. The molecule has 0 saturated carbocycles. The third-order valence-corrected chi connectivity index (χ3v) is 3.06. The topological polar surface area (TPSA) is 6.48 Å². The van der Waals surface area contributed by atoms with Crippen LogP contribution in [0.3, 0.4) is 0 Å². The fourth-order valence-corrected chi connectivity index (χ4v) is 2.12. The highest BCUT2D eigenvalue weighted by Crippen LogP contribution is 2.30. The first-order chi connectivity index (χ1) is 7.24. The Morgan fingerprint density at radius 1 is 1.13 bits per heavy atom. The molecule has 80 valence electrons. The van der Waals surface area contributed by atoms with Crippen LogP contribution in [-0.2, 0) is 0 Å². The minimum Gasteiger partial charge on any atom is -0.308 e. The van der Waals surface area contributed by atoms with Crippen LogP contribution in [0.15, 0.2) is 35.9 Å². The van der Waals surface area contributed by atoms with E-state index in [9.17, 15) is 0 Å². The monoisotopic (exact) mass is 202 g/mol.